The van der Waals surface area contributed by atoms with Gasteiger partial charge in [-0.2, -0.15) is 0 Å². The minimum absolute atomic E-state index is 0.102. The Kier molecular flexibility index (Phi) is 5.83. The summed E-state index contributed by atoms with van der Waals surface area (Å²) in [6.07, 6.45) is 4.88. The summed E-state index contributed by atoms with van der Waals surface area (Å²) in [4.78, 5) is 8.40. The molecular formula is C24H19N3O3S. The molecule has 0 spiro atoms. The number of para-hydroxylation sites is 1. The van der Waals surface area contributed by atoms with Crippen molar-refractivity contribution in [3.8, 4) is 17.6 Å². The Hall–Kier alpha value is -3.89. The van der Waals surface area contributed by atoms with E-state index in [9.17, 15) is 8.42 Å². The first kappa shape index (κ1) is 20.4. The minimum atomic E-state index is -3.90. The number of nitrogens with zero attached hydrogens (tertiary/aromatic N) is 2. The average Bonchev–Trinajstić information content (AvgIpc) is 2.79. The van der Waals surface area contributed by atoms with Crippen LogP contribution in [0.25, 0.3) is 10.9 Å². The molecule has 4 rings (SSSR count). The maximum atomic E-state index is 13.2. The molecule has 2 aromatic heterocycles. The molecule has 1 N–H and O–H groups in total. The third kappa shape index (κ3) is 4.65. The Morgan fingerprint density at radius 2 is 1.84 bits per heavy atom. The molecule has 0 aliphatic rings. The summed E-state index contributed by atoms with van der Waals surface area (Å²) < 4.78 is 34.6. The van der Waals surface area contributed by atoms with Crippen LogP contribution in [-0.4, -0.2) is 25.0 Å². The fourth-order valence-corrected chi connectivity index (χ4v) is 4.30. The number of fused-ring (bicyclic) bond motifs is 1. The number of sulfonamides is 1. The zero-order valence-corrected chi connectivity index (χ0v) is 17.6. The summed E-state index contributed by atoms with van der Waals surface area (Å²) in [6.45, 7) is 2.37. The summed E-state index contributed by atoms with van der Waals surface area (Å²) in [5.74, 6) is 6.64. The molecule has 0 saturated carbocycles. The van der Waals surface area contributed by atoms with Crippen LogP contribution in [0.4, 0.5) is 5.69 Å². The van der Waals surface area contributed by atoms with Crippen LogP contribution in [0, 0.1) is 11.8 Å². The molecule has 0 aliphatic heterocycles. The van der Waals surface area contributed by atoms with Crippen LogP contribution >= 0.6 is 0 Å². The number of aromatic nitrogens is 2. The van der Waals surface area contributed by atoms with Crippen molar-refractivity contribution in [2.45, 2.75) is 11.8 Å². The number of ether oxygens (including phenoxy) is 1. The highest BCUT2D eigenvalue weighted by atomic mass is 32.2. The predicted molar refractivity (Wildman–Crippen MR) is 120 cm³/mol. The number of hydrogen-bond acceptors (Lipinski definition) is 5. The van der Waals surface area contributed by atoms with E-state index in [-0.39, 0.29) is 4.90 Å². The van der Waals surface area contributed by atoms with Gasteiger partial charge in [-0.1, -0.05) is 30.0 Å². The molecule has 0 fully saturated rings. The van der Waals surface area contributed by atoms with Crippen molar-refractivity contribution in [3.05, 3.63) is 90.4 Å². The van der Waals surface area contributed by atoms with Crippen LogP contribution in [-0.2, 0) is 10.0 Å². The number of nitrogens with one attached hydrogen (secondary N) is 1. The van der Waals surface area contributed by atoms with E-state index < -0.39 is 10.0 Å². The summed E-state index contributed by atoms with van der Waals surface area (Å²) in [5.41, 5.74) is 1.97. The van der Waals surface area contributed by atoms with Gasteiger partial charge in [0.1, 0.15) is 10.6 Å². The van der Waals surface area contributed by atoms with E-state index in [1.165, 1.54) is 6.07 Å². The molecule has 154 valence electrons. The first-order valence-electron chi connectivity index (χ1n) is 9.62. The second-order valence-electron chi connectivity index (χ2n) is 6.57. The summed E-state index contributed by atoms with van der Waals surface area (Å²) in [5, 5.41) is 0.744. The molecule has 31 heavy (non-hydrogen) atoms. The van der Waals surface area contributed by atoms with Gasteiger partial charge in [-0.3, -0.25) is 14.7 Å². The largest absolute Gasteiger partial charge is 0.494 e. The van der Waals surface area contributed by atoms with Crippen molar-refractivity contribution >= 4 is 26.6 Å². The number of benzene rings is 2. The standard InChI is InChI=1S/C24H19N3O3S/c1-2-30-21-12-13-22(20(16-21)11-10-18-6-4-14-25-17-18)27-31(28,29)23-9-3-7-19-8-5-15-26-24(19)23/h3-9,12-17,27H,2H2,1H3. The Morgan fingerprint density at radius 3 is 2.65 bits per heavy atom. The van der Waals surface area contributed by atoms with Crippen molar-refractivity contribution in [2.24, 2.45) is 0 Å². The van der Waals surface area contributed by atoms with Gasteiger partial charge in [-0.05, 0) is 49.4 Å². The first-order valence-corrected chi connectivity index (χ1v) is 11.1. The molecule has 4 aromatic rings. The van der Waals surface area contributed by atoms with E-state index in [4.69, 9.17) is 4.74 Å². The van der Waals surface area contributed by atoms with Gasteiger partial charge in [-0.25, -0.2) is 8.42 Å². The van der Waals surface area contributed by atoms with Crippen molar-refractivity contribution in [1.29, 1.82) is 0 Å². The third-order valence-corrected chi connectivity index (χ3v) is 5.83. The lowest BCUT2D eigenvalue weighted by molar-refractivity contribution is 0.340. The fraction of sp³-hybridized carbons (Fsp3) is 0.0833. The lowest BCUT2D eigenvalue weighted by Gasteiger charge is -2.13. The fourth-order valence-electron chi connectivity index (χ4n) is 3.04. The summed E-state index contributed by atoms with van der Waals surface area (Å²) in [7, 11) is -3.90. The van der Waals surface area contributed by atoms with Gasteiger partial charge in [0.2, 0.25) is 0 Å². The SMILES string of the molecule is CCOc1ccc(NS(=O)(=O)c2cccc3cccnc23)c(C#Cc2cccnc2)c1. The van der Waals surface area contributed by atoms with E-state index >= 15 is 0 Å². The van der Waals surface area contributed by atoms with Crippen molar-refractivity contribution in [1.82, 2.24) is 9.97 Å². The van der Waals surface area contributed by atoms with Crippen LogP contribution in [0.1, 0.15) is 18.1 Å². The van der Waals surface area contributed by atoms with Gasteiger partial charge >= 0.3 is 0 Å². The Morgan fingerprint density at radius 1 is 1.00 bits per heavy atom. The molecular weight excluding hydrogens is 410 g/mol. The molecule has 2 aromatic carbocycles. The maximum Gasteiger partial charge on any atom is 0.264 e. The molecule has 0 atom stereocenters. The van der Waals surface area contributed by atoms with E-state index in [1.807, 2.05) is 25.1 Å². The second-order valence-corrected chi connectivity index (χ2v) is 8.22. The number of rotatable bonds is 5. The molecule has 2 heterocycles. The third-order valence-electron chi connectivity index (χ3n) is 4.43. The Bertz CT molecular complexity index is 1390. The minimum Gasteiger partial charge on any atom is -0.494 e. The lowest BCUT2D eigenvalue weighted by atomic mass is 10.1. The Labute approximate surface area is 181 Å². The van der Waals surface area contributed by atoms with Gasteiger partial charge in [-0.15, -0.1) is 0 Å². The van der Waals surface area contributed by atoms with Gasteiger partial charge in [0.05, 0.1) is 23.4 Å². The maximum absolute atomic E-state index is 13.2. The van der Waals surface area contributed by atoms with Crippen LogP contribution < -0.4 is 9.46 Å². The van der Waals surface area contributed by atoms with Gasteiger partial charge < -0.3 is 4.74 Å². The van der Waals surface area contributed by atoms with Gasteiger partial charge in [0, 0.05) is 29.5 Å². The molecule has 6 nitrogen and oxygen atoms in total. The molecule has 0 bridgehead atoms. The first-order chi connectivity index (χ1) is 15.1. The van der Waals surface area contributed by atoms with Crippen molar-refractivity contribution < 1.29 is 13.2 Å². The van der Waals surface area contributed by atoms with Crippen molar-refractivity contribution in [2.75, 3.05) is 11.3 Å². The quantitative estimate of drug-likeness (QED) is 0.480. The topological polar surface area (TPSA) is 81.2 Å². The van der Waals surface area contributed by atoms with E-state index in [0.717, 1.165) is 10.9 Å². The number of pyridine rings is 2. The normalized spacial score (nSPS) is 10.9. The van der Waals surface area contributed by atoms with E-state index in [1.54, 1.807) is 55.0 Å². The van der Waals surface area contributed by atoms with E-state index in [2.05, 4.69) is 26.5 Å². The summed E-state index contributed by atoms with van der Waals surface area (Å²) >= 11 is 0. The zero-order chi connectivity index (χ0) is 21.7. The van der Waals surface area contributed by atoms with E-state index in [0.29, 0.717) is 29.1 Å². The molecule has 0 radical (unpaired) electrons. The predicted octanol–water partition coefficient (Wildman–Crippen LogP) is 4.23. The average molecular weight is 430 g/mol. The van der Waals surface area contributed by atoms with Crippen LogP contribution in [0.5, 0.6) is 5.75 Å². The molecule has 0 saturated heterocycles. The summed E-state index contributed by atoms with van der Waals surface area (Å²) in [6, 6.07) is 17.3. The van der Waals surface area contributed by atoms with Gasteiger partial charge in [0.15, 0.2) is 0 Å². The lowest BCUT2D eigenvalue weighted by Crippen LogP contribution is -2.14. The monoisotopic (exact) mass is 429 g/mol. The highest BCUT2D eigenvalue weighted by Crippen LogP contribution is 2.27. The molecule has 0 aliphatic carbocycles. The molecule has 0 unspecified atom stereocenters. The van der Waals surface area contributed by atoms with Crippen LogP contribution in [0.2, 0.25) is 0 Å². The van der Waals surface area contributed by atoms with Gasteiger partial charge in [0.25, 0.3) is 10.0 Å². The van der Waals surface area contributed by atoms with Crippen LogP contribution in [0.3, 0.4) is 0 Å². The van der Waals surface area contributed by atoms with Crippen LogP contribution in [0.15, 0.2) is 84.1 Å². The number of anilines is 1. The smallest absolute Gasteiger partial charge is 0.264 e. The molecule has 7 heteroatoms. The Balaban J connectivity index is 1.76. The molecule has 0 amide bonds. The highest BCUT2D eigenvalue weighted by Gasteiger charge is 2.19. The second kappa shape index (κ2) is 8.86. The zero-order valence-electron chi connectivity index (χ0n) is 16.7. The number of hydrogen-bond donors (Lipinski definition) is 1. The van der Waals surface area contributed by atoms with Crippen molar-refractivity contribution in [3.63, 3.8) is 0 Å². The highest BCUT2D eigenvalue weighted by molar-refractivity contribution is 7.93.